The van der Waals surface area contributed by atoms with Gasteiger partial charge in [0.1, 0.15) is 12.1 Å². The molecule has 0 aliphatic rings. The number of aliphatic hydroxyl groups excluding tert-OH is 1. The molecule has 2 rings (SSSR count). The summed E-state index contributed by atoms with van der Waals surface area (Å²) in [5.74, 6) is -3.69. The van der Waals surface area contributed by atoms with Gasteiger partial charge in [0.2, 0.25) is 17.7 Å². The molecule has 0 aliphatic heterocycles. The second-order valence-corrected chi connectivity index (χ2v) is 9.35. The number of fused-ring (bicyclic) bond motifs is 1. The number of nitrogens with two attached hydrogens (primary N) is 3. The van der Waals surface area contributed by atoms with E-state index >= 15 is 0 Å². The molecule has 14 nitrogen and oxygen atoms in total. The number of carboxylic acids is 1. The number of hydrogen-bond acceptors (Lipinski definition) is 8. The molecule has 3 amide bonds. The summed E-state index contributed by atoms with van der Waals surface area (Å²) in [6.07, 6.45) is 0.690. The van der Waals surface area contributed by atoms with E-state index < -0.39 is 54.0 Å². The van der Waals surface area contributed by atoms with Crippen molar-refractivity contribution in [2.45, 2.75) is 56.5 Å². The maximum atomic E-state index is 13.4. The molecule has 0 aliphatic carbocycles. The molecular weight excluding hydrogens is 528 g/mol. The normalized spacial score (nSPS) is 14.9. The second-order valence-electron chi connectivity index (χ2n) is 8.99. The first-order valence-electron chi connectivity index (χ1n) is 12.2. The van der Waals surface area contributed by atoms with Crippen LogP contribution in [0.4, 0.5) is 0 Å². The molecule has 2 aromatic rings. The smallest absolute Gasteiger partial charge is 0.328 e. The van der Waals surface area contributed by atoms with Crippen LogP contribution in [0, 0.1) is 0 Å². The van der Waals surface area contributed by atoms with Gasteiger partial charge >= 0.3 is 5.97 Å². The minimum atomic E-state index is -1.61. The van der Waals surface area contributed by atoms with Crippen LogP contribution in [0.15, 0.2) is 35.5 Å². The Bertz CT molecular complexity index is 1180. The first-order chi connectivity index (χ1) is 18.4. The van der Waals surface area contributed by atoms with Gasteiger partial charge in [-0.25, -0.2) is 4.79 Å². The summed E-state index contributed by atoms with van der Waals surface area (Å²) < 4.78 is 0. The van der Waals surface area contributed by atoms with Crippen molar-refractivity contribution >= 4 is 53.2 Å². The Labute approximate surface area is 230 Å². The Kier molecular flexibility index (Phi) is 12.0. The zero-order chi connectivity index (χ0) is 29.1. The predicted octanol–water partition coefficient (Wildman–Crippen LogP) is -2.06. The number of benzene rings is 1. The summed E-state index contributed by atoms with van der Waals surface area (Å²) in [5, 5.41) is 27.5. The van der Waals surface area contributed by atoms with Gasteiger partial charge in [0.15, 0.2) is 12.0 Å². The molecule has 1 aromatic carbocycles. The predicted molar refractivity (Wildman–Crippen MR) is 149 cm³/mol. The summed E-state index contributed by atoms with van der Waals surface area (Å²) >= 11 is 4.01. The van der Waals surface area contributed by atoms with Gasteiger partial charge in [-0.3, -0.25) is 19.4 Å². The van der Waals surface area contributed by atoms with Crippen LogP contribution in [0.3, 0.4) is 0 Å². The third kappa shape index (κ3) is 9.46. The van der Waals surface area contributed by atoms with E-state index in [0.717, 1.165) is 10.9 Å². The standard InChI is InChI=1S/C24H36N8O6S/c1-12(33)19(23(37)38)32-22(36)18(9-13-10-29-16-6-3-2-5-14(13)16)31-21(35)17(7-4-8-28-24(26)27)30-20(34)15(25)11-39/h2-3,5-6,10,12,15,17-19,29,33,39H,4,7-9,11,25H2,1H3,(H,30,34)(H,31,35)(H,32,36)(H,37,38)(H4,26,27,28). The number of aromatic amines is 1. The van der Waals surface area contributed by atoms with E-state index in [-0.39, 0.29) is 31.1 Å². The highest BCUT2D eigenvalue weighted by atomic mass is 32.1. The highest BCUT2D eigenvalue weighted by Crippen LogP contribution is 2.19. The lowest BCUT2D eigenvalue weighted by Gasteiger charge is -2.25. The van der Waals surface area contributed by atoms with Gasteiger partial charge in [0.05, 0.1) is 12.1 Å². The van der Waals surface area contributed by atoms with Crippen LogP contribution in [-0.2, 0) is 25.6 Å². The molecule has 0 radical (unpaired) electrons. The number of carbonyl (C=O) groups is 4. The van der Waals surface area contributed by atoms with Gasteiger partial charge in [-0.1, -0.05) is 18.2 Å². The van der Waals surface area contributed by atoms with E-state index in [4.69, 9.17) is 17.2 Å². The number of aliphatic hydroxyl groups is 1. The van der Waals surface area contributed by atoms with Crippen molar-refractivity contribution in [1.29, 1.82) is 0 Å². The molecule has 12 N–H and O–H groups in total. The number of H-pyrrole nitrogens is 1. The lowest BCUT2D eigenvalue weighted by atomic mass is 10.0. The minimum Gasteiger partial charge on any atom is -0.480 e. The Hall–Kier alpha value is -3.82. The molecule has 0 bridgehead atoms. The van der Waals surface area contributed by atoms with Crippen LogP contribution in [0.1, 0.15) is 25.3 Å². The molecule has 5 unspecified atom stereocenters. The first-order valence-corrected chi connectivity index (χ1v) is 12.9. The zero-order valence-electron chi connectivity index (χ0n) is 21.5. The van der Waals surface area contributed by atoms with Gasteiger partial charge in [-0.05, 0) is 31.4 Å². The number of carbonyl (C=O) groups excluding carboxylic acids is 3. The summed E-state index contributed by atoms with van der Waals surface area (Å²) in [6.45, 7) is 1.41. The fourth-order valence-electron chi connectivity index (χ4n) is 3.78. The van der Waals surface area contributed by atoms with Crippen LogP contribution < -0.4 is 33.2 Å². The van der Waals surface area contributed by atoms with E-state index in [1.165, 1.54) is 6.92 Å². The molecule has 0 fully saturated rings. The second kappa shape index (κ2) is 14.9. The van der Waals surface area contributed by atoms with E-state index in [1.807, 2.05) is 24.3 Å². The van der Waals surface area contributed by atoms with Gasteiger partial charge < -0.3 is 48.3 Å². The fourth-order valence-corrected chi connectivity index (χ4v) is 3.94. The highest BCUT2D eigenvalue weighted by Gasteiger charge is 2.32. The van der Waals surface area contributed by atoms with Crippen molar-refractivity contribution in [1.82, 2.24) is 20.9 Å². The SMILES string of the molecule is CC(O)C(NC(=O)C(Cc1c[nH]c2ccccc12)NC(=O)C(CCCN=C(N)N)NC(=O)C(N)CS)C(=O)O. The Morgan fingerprint density at radius 2 is 1.69 bits per heavy atom. The average Bonchev–Trinajstić information content (AvgIpc) is 3.29. The quantitative estimate of drug-likeness (QED) is 0.0493. The first kappa shape index (κ1) is 31.4. The molecule has 1 aromatic heterocycles. The lowest BCUT2D eigenvalue weighted by molar-refractivity contribution is -0.145. The summed E-state index contributed by atoms with van der Waals surface area (Å²) in [5.41, 5.74) is 17.9. The Balaban J connectivity index is 2.32. The monoisotopic (exact) mass is 564 g/mol. The van der Waals surface area contributed by atoms with Crippen LogP contribution >= 0.6 is 12.6 Å². The maximum Gasteiger partial charge on any atom is 0.328 e. The molecule has 0 saturated heterocycles. The topological polar surface area (TPSA) is 251 Å². The molecule has 1 heterocycles. The number of nitrogens with zero attached hydrogens (tertiary/aromatic N) is 1. The van der Waals surface area contributed by atoms with Crippen LogP contribution in [0.2, 0.25) is 0 Å². The Morgan fingerprint density at radius 1 is 1.05 bits per heavy atom. The van der Waals surface area contributed by atoms with Crippen molar-refractivity contribution in [3.8, 4) is 0 Å². The van der Waals surface area contributed by atoms with E-state index in [9.17, 15) is 29.4 Å². The van der Waals surface area contributed by atoms with Gasteiger partial charge in [-0.2, -0.15) is 12.6 Å². The Morgan fingerprint density at radius 3 is 2.31 bits per heavy atom. The highest BCUT2D eigenvalue weighted by molar-refractivity contribution is 7.80. The van der Waals surface area contributed by atoms with Crippen LogP contribution in [-0.4, -0.2) is 87.4 Å². The number of amides is 3. The molecule has 0 saturated carbocycles. The van der Waals surface area contributed by atoms with Crippen LogP contribution in [0.25, 0.3) is 10.9 Å². The van der Waals surface area contributed by atoms with Crippen molar-refractivity contribution < 1.29 is 29.4 Å². The zero-order valence-corrected chi connectivity index (χ0v) is 22.4. The number of guanidine groups is 1. The molecule has 15 heteroatoms. The maximum absolute atomic E-state index is 13.4. The van der Waals surface area contributed by atoms with Crippen molar-refractivity contribution in [2.75, 3.05) is 12.3 Å². The van der Waals surface area contributed by atoms with Crippen LogP contribution in [0.5, 0.6) is 0 Å². The van der Waals surface area contributed by atoms with Crippen molar-refractivity contribution in [3.63, 3.8) is 0 Å². The molecule has 5 atom stereocenters. The molecule has 214 valence electrons. The summed E-state index contributed by atoms with van der Waals surface area (Å²) in [4.78, 5) is 57.5. The third-order valence-electron chi connectivity index (χ3n) is 5.89. The molecule has 0 spiro atoms. The van der Waals surface area contributed by atoms with E-state index in [2.05, 4.69) is 38.6 Å². The summed E-state index contributed by atoms with van der Waals surface area (Å²) in [6, 6.07) is 2.37. The van der Waals surface area contributed by atoms with E-state index in [1.54, 1.807) is 6.20 Å². The van der Waals surface area contributed by atoms with Gasteiger partial charge in [0.25, 0.3) is 0 Å². The number of rotatable bonds is 15. The number of aliphatic imine (C=N–C) groups is 1. The van der Waals surface area contributed by atoms with Gasteiger partial charge in [-0.15, -0.1) is 0 Å². The van der Waals surface area contributed by atoms with Crippen molar-refractivity contribution in [2.24, 2.45) is 22.2 Å². The summed E-state index contributed by atoms with van der Waals surface area (Å²) in [7, 11) is 0. The largest absolute Gasteiger partial charge is 0.480 e. The molecular formula is C24H36N8O6S. The number of aromatic nitrogens is 1. The number of para-hydroxylation sites is 1. The number of thiol groups is 1. The number of carboxylic acid groups (broad SMARTS) is 1. The lowest BCUT2D eigenvalue weighted by Crippen LogP contribution is -2.58. The number of aliphatic carboxylic acids is 1. The average molecular weight is 565 g/mol. The van der Waals surface area contributed by atoms with Gasteiger partial charge in [0, 0.05) is 35.8 Å². The minimum absolute atomic E-state index is 0.0153. The molecule has 39 heavy (non-hydrogen) atoms. The fraction of sp³-hybridized carbons (Fsp3) is 0.458. The number of hydrogen-bond donors (Lipinski definition) is 10. The third-order valence-corrected chi connectivity index (χ3v) is 6.28. The van der Waals surface area contributed by atoms with E-state index in [0.29, 0.717) is 12.0 Å². The van der Waals surface area contributed by atoms with Crippen molar-refractivity contribution in [3.05, 3.63) is 36.0 Å². The number of nitrogens with one attached hydrogen (secondary N) is 4.